The van der Waals surface area contributed by atoms with Gasteiger partial charge in [0.2, 0.25) is 0 Å². The highest BCUT2D eigenvalue weighted by Crippen LogP contribution is 2.08. The Morgan fingerprint density at radius 2 is 2.07 bits per heavy atom. The van der Waals surface area contributed by atoms with Crippen molar-refractivity contribution in [3.63, 3.8) is 0 Å². The predicted octanol–water partition coefficient (Wildman–Crippen LogP) is 1.81. The second-order valence-corrected chi connectivity index (χ2v) is 6.38. The summed E-state index contributed by atoms with van der Waals surface area (Å²) in [7, 11) is 4.12. The van der Waals surface area contributed by atoms with Crippen LogP contribution in [0.2, 0.25) is 0 Å². The van der Waals surface area contributed by atoms with Crippen molar-refractivity contribution in [1.82, 2.24) is 25.1 Å². The second kappa shape index (κ2) is 10.4. The van der Waals surface area contributed by atoms with E-state index in [2.05, 4.69) is 58.0 Å². The van der Waals surface area contributed by atoms with Crippen molar-refractivity contribution in [1.29, 1.82) is 0 Å². The summed E-state index contributed by atoms with van der Waals surface area (Å²) in [5, 5.41) is 5.93. The first-order valence-electron chi connectivity index (χ1n) is 8.93. The molecule has 2 aromatic heterocycles. The van der Waals surface area contributed by atoms with E-state index in [0.717, 1.165) is 31.0 Å². The van der Waals surface area contributed by atoms with Crippen LogP contribution in [0.25, 0.3) is 0 Å². The number of hydrogen-bond acceptors (Lipinski definition) is 7. The summed E-state index contributed by atoms with van der Waals surface area (Å²) < 4.78 is 5.03. The van der Waals surface area contributed by atoms with Gasteiger partial charge < -0.3 is 19.5 Å². The van der Waals surface area contributed by atoms with Crippen LogP contribution in [0.4, 0.5) is 6.01 Å². The van der Waals surface area contributed by atoms with Gasteiger partial charge in [-0.2, -0.15) is 0 Å². The Kier molecular flexibility index (Phi) is 7.97. The molecular formula is C19H28N6O2. The van der Waals surface area contributed by atoms with Crippen molar-refractivity contribution in [2.24, 2.45) is 0 Å². The molecule has 2 aromatic rings. The zero-order valence-corrected chi connectivity index (χ0v) is 16.2. The molecule has 0 bridgehead atoms. The number of likely N-dealkylation sites (N-methyl/N-ethyl adjacent to an activating group) is 2. The number of nitrogens with zero attached hydrogens (tertiary/aromatic N) is 4. The highest BCUT2D eigenvalue weighted by atomic mass is 16.4. The van der Waals surface area contributed by atoms with Gasteiger partial charge in [0.1, 0.15) is 6.26 Å². The van der Waals surface area contributed by atoms with E-state index in [1.54, 1.807) is 18.3 Å². The van der Waals surface area contributed by atoms with Crippen molar-refractivity contribution in [2.45, 2.75) is 13.5 Å². The minimum absolute atomic E-state index is 0.171. The topological polar surface area (TPSA) is 86.5 Å². The minimum Gasteiger partial charge on any atom is -0.432 e. The number of oxazole rings is 1. The zero-order valence-electron chi connectivity index (χ0n) is 16.2. The van der Waals surface area contributed by atoms with Crippen LogP contribution in [0.15, 0.2) is 47.5 Å². The number of anilines is 1. The number of rotatable bonds is 11. The Morgan fingerprint density at radius 3 is 2.74 bits per heavy atom. The van der Waals surface area contributed by atoms with Crippen molar-refractivity contribution < 1.29 is 9.21 Å². The van der Waals surface area contributed by atoms with Crippen LogP contribution in [-0.4, -0.2) is 65.9 Å². The Hall–Kier alpha value is -2.71. The monoisotopic (exact) mass is 372 g/mol. The van der Waals surface area contributed by atoms with Crippen LogP contribution in [0.1, 0.15) is 23.0 Å². The lowest BCUT2D eigenvalue weighted by Crippen LogP contribution is -2.34. The first-order chi connectivity index (χ1) is 13.0. The maximum atomic E-state index is 12.2. The molecule has 8 nitrogen and oxygen atoms in total. The van der Waals surface area contributed by atoms with E-state index in [1.165, 1.54) is 12.5 Å². The van der Waals surface area contributed by atoms with Gasteiger partial charge in [-0.05, 0) is 33.2 Å². The Balaban J connectivity index is 1.83. The van der Waals surface area contributed by atoms with Crippen molar-refractivity contribution in [2.75, 3.05) is 45.6 Å². The van der Waals surface area contributed by atoms with E-state index in [9.17, 15) is 4.79 Å². The lowest BCUT2D eigenvalue weighted by atomic mass is 10.2. The molecule has 0 radical (unpaired) electrons. The van der Waals surface area contributed by atoms with Crippen molar-refractivity contribution in [3.8, 4) is 0 Å². The molecule has 8 heteroatoms. The molecule has 27 heavy (non-hydrogen) atoms. The third-order valence-corrected chi connectivity index (χ3v) is 4.01. The van der Waals surface area contributed by atoms with E-state index < -0.39 is 0 Å². The lowest BCUT2D eigenvalue weighted by Gasteiger charge is -2.27. The van der Waals surface area contributed by atoms with E-state index in [-0.39, 0.29) is 11.9 Å². The number of hydrogen-bond donors (Lipinski definition) is 2. The molecule has 2 heterocycles. The number of carbonyl (C=O) groups excluding carboxylic acids is 1. The normalized spacial score (nSPS) is 10.8. The Morgan fingerprint density at radius 1 is 1.26 bits per heavy atom. The first-order valence-corrected chi connectivity index (χ1v) is 8.93. The van der Waals surface area contributed by atoms with Crippen LogP contribution in [-0.2, 0) is 6.54 Å². The number of nitrogens with one attached hydrogen (secondary N) is 2. The van der Waals surface area contributed by atoms with Gasteiger partial charge in [-0.3, -0.25) is 15.1 Å². The summed E-state index contributed by atoms with van der Waals surface area (Å²) in [6.07, 6.45) is 4.50. The highest BCUT2D eigenvalue weighted by molar-refractivity contribution is 6.03. The van der Waals surface area contributed by atoms with Gasteiger partial charge in [-0.1, -0.05) is 6.58 Å². The fraction of sp³-hybridized carbons (Fsp3) is 0.421. The van der Waals surface area contributed by atoms with E-state index >= 15 is 0 Å². The van der Waals surface area contributed by atoms with Gasteiger partial charge in [0.25, 0.3) is 5.91 Å². The van der Waals surface area contributed by atoms with Gasteiger partial charge in [-0.15, -0.1) is 0 Å². The third-order valence-electron chi connectivity index (χ3n) is 4.01. The molecule has 0 aliphatic rings. The molecule has 0 aliphatic heterocycles. The Bertz CT molecular complexity index is 730. The first kappa shape index (κ1) is 20.6. The quantitative estimate of drug-likeness (QED) is 0.622. The molecule has 2 N–H and O–H groups in total. The zero-order chi connectivity index (χ0) is 19.6. The van der Waals surface area contributed by atoms with Gasteiger partial charge >= 0.3 is 6.01 Å². The van der Waals surface area contributed by atoms with Crippen LogP contribution < -0.4 is 10.6 Å². The lowest BCUT2D eigenvalue weighted by molar-refractivity contribution is 0.102. The molecule has 1 amide bonds. The molecule has 0 fully saturated rings. The summed E-state index contributed by atoms with van der Waals surface area (Å²) in [5.74, 6) is -0.286. The summed E-state index contributed by atoms with van der Waals surface area (Å²) in [6, 6.07) is 3.57. The number of carbonyl (C=O) groups is 1. The maximum absolute atomic E-state index is 12.2. The van der Waals surface area contributed by atoms with Gasteiger partial charge in [-0.25, -0.2) is 4.98 Å². The number of amides is 1. The SMILES string of the molecule is C=C(CNCc1cc(C(=O)Nc2ncco2)ccn1)N(CC)CCN(C)C. The molecule has 0 aliphatic carbocycles. The van der Waals surface area contributed by atoms with Crippen molar-refractivity contribution >= 4 is 11.9 Å². The molecule has 0 aromatic carbocycles. The van der Waals surface area contributed by atoms with E-state index in [4.69, 9.17) is 4.42 Å². The average molecular weight is 372 g/mol. The smallest absolute Gasteiger partial charge is 0.301 e. The van der Waals surface area contributed by atoms with Gasteiger partial charge in [0.15, 0.2) is 0 Å². The van der Waals surface area contributed by atoms with Gasteiger partial charge in [0, 0.05) is 50.2 Å². The Labute approximate surface area is 160 Å². The minimum atomic E-state index is -0.286. The fourth-order valence-electron chi connectivity index (χ4n) is 2.48. The molecule has 0 saturated heterocycles. The largest absolute Gasteiger partial charge is 0.432 e. The van der Waals surface area contributed by atoms with Gasteiger partial charge in [0.05, 0.1) is 11.9 Å². The molecule has 146 valence electrons. The average Bonchev–Trinajstić information content (AvgIpc) is 3.15. The van der Waals surface area contributed by atoms with E-state index in [1.807, 2.05) is 0 Å². The number of aromatic nitrogens is 2. The maximum Gasteiger partial charge on any atom is 0.301 e. The number of pyridine rings is 1. The van der Waals surface area contributed by atoms with Crippen LogP contribution >= 0.6 is 0 Å². The predicted molar refractivity (Wildman–Crippen MR) is 105 cm³/mol. The molecule has 0 saturated carbocycles. The van der Waals surface area contributed by atoms with Crippen LogP contribution in [0.5, 0.6) is 0 Å². The second-order valence-electron chi connectivity index (χ2n) is 6.38. The standard InChI is InChI=1S/C19H28N6O2/c1-5-25(10-9-24(3)4)15(2)13-20-14-17-12-16(6-7-21-17)18(26)23-19-22-8-11-27-19/h6-8,11-12,20H,2,5,9-10,13-14H2,1,3-4H3,(H,22,23,26). The van der Waals surface area contributed by atoms with Crippen LogP contribution in [0, 0.1) is 0 Å². The third kappa shape index (κ3) is 6.84. The molecule has 0 spiro atoms. The van der Waals surface area contributed by atoms with Crippen LogP contribution in [0.3, 0.4) is 0 Å². The molecule has 0 atom stereocenters. The fourth-order valence-corrected chi connectivity index (χ4v) is 2.48. The summed E-state index contributed by atoms with van der Waals surface area (Å²) in [5.41, 5.74) is 2.32. The van der Waals surface area contributed by atoms with Crippen molar-refractivity contribution in [3.05, 3.63) is 54.3 Å². The van der Waals surface area contributed by atoms with E-state index in [0.29, 0.717) is 18.7 Å². The molecular weight excluding hydrogens is 344 g/mol. The summed E-state index contributed by atoms with van der Waals surface area (Å²) >= 11 is 0. The summed E-state index contributed by atoms with van der Waals surface area (Å²) in [4.78, 5) is 24.8. The highest BCUT2D eigenvalue weighted by Gasteiger charge is 2.10. The summed E-state index contributed by atoms with van der Waals surface area (Å²) in [6.45, 7) is 10.3. The molecule has 2 rings (SSSR count). The molecule has 0 unspecified atom stereocenters.